The van der Waals surface area contributed by atoms with Crippen molar-refractivity contribution in [3.05, 3.63) is 35.9 Å². The van der Waals surface area contributed by atoms with Crippen LogP contribution in [0, 0.1) is 0 Å². The molecular formula is C21H31N3O3. The minimum atomic E-state index is -0.932. The second-order valence-electron chi connectivity index (χ2n) is 7.67. The predicted octanol–water partition coefficient (Wildman–Crippen LogP) is 2.69. The Balaban J connectivity index is 1.61. The number of carboxylic acid groups (broad SMARTS) is 1. The number of benzene rings is 1. The Kier molecular flexibility index (Phi) is 7.10. The Bertz CT molecular complexity index is 616. The standard InChI is InChI=1S/C21H31N3O3/c25-20-10-15-24(21(26)27)19(16-18-8-3-1-4-9-18)17-23(20)14-7-13-22-11-5-2-6-12-22/h1,3-4,8-9,19H,2,5-7,10-17H2,(H,26,27). The zero-order chi connectivity index (χ0) is 19.1. The van der Waals surface area contributed by atoms with Crippen LogP contribution in [0.5, 0.6) is 0 Å². The molecule has 1 N–H and O–H groups in total. The fourth-order valence-electron chi connectivity index (χ4n) is 4.21. The van der Waals surface area contributed by atoms with Crippen molar-refractivity contribution in [1.29, 1.82) is 0 Å². The van der Waals surface area contributed by atoms with Crippen LogP contribution in [0.15, 0.2) is 30.3 Å². The first-order valence-electron chi connectivity index (χ1n) is 10.2. The Morgan fingerprint density at radius 2 is 1.78 bits per heavy atom. The molecule has 0 aliphatic carbocycles. The van der Waals surface area contributed by atoms with E-state index in [2.05, 4.69) is 4.90 Å². The van der Waals surface area contributed by atoms with Crippen molar-refractivity contribution in [2.45, 2.75) is 44.6 Å². The van der Waals surface area contributed by atoms with Gasteiger partial charge in [-0.15, -0.1) is 0 Å². The van der Waals surface area contributed by atoms with Crippen LogP contribution in [0.25, 0.3) is 0 Å². The summed E-state index contributed by atoms with van der Waals surface area (Å²) in [5, 5.41) is 9.62. The van der Waals surface area contributed by atoms with E-state index in [9.17, 15) is 14.7 Å². The van der Waals surface area contributed by atoms with Crippen LogP contribution in [-0.4, -0.2) is 77.1 Å². The molecule has 0 bridgehead atoms. The molecule has 27 heavy (non-hydrogen) atoms. The summed E-state index contributed by atoms with van der Waals surface area (Å²) in [4.78, 5) is 30.1. The van der Waals surface area contributed by atoms with E-state index in [1.807, 2.05) is 35.2 Å². The largest absolute Gasteiger partial charge is 0.465 e. The Hall–Kier alpha value is -2.08. The van der Waals surface area contributed by atoms with E-state index >= 15 is 0 Å². The quantitative estimate of drug-likeness (QED) is 0.833. The molecule has 1 unspecified atom stereocenters. The predicted molar refractivity (Wildman–Crippen MR) is 105 cm³/mol. The highest BCUT2D eigenvalue weighted by Crippen LogP contribution is 2.17. The molecule has 0 saturated carbocycles. The van der Waals surface area contributed by atoms with Gasteiger partial charge in [-0.25, -0.2) is 4.79 Å². The third-order valence-corrected chi connectivity index (χ3v) is 5.70. The average molecular weight is 373 g/mol. The lowest BCUT2D eigenvalue weighted by Crippen LogP contribution is -2.46. The molecule has 0 spiro atoms. The van der Waals surface area contributed by atoms with E-state index in [0.29, 0.717) is 19.5 Å². The molecule has 2 aliphatic heterocycles. The summed E-state index contributed by atoms with van der Waals surface area (Å²) in [7, 11) is 0. The molecule has 3 rings (SSSR count). The lowest BCUT2D eigenvalue weighted by Gasteiger charge is -2.31. The first-order valence-corrected chi connectivity index (χ1v) is 10.2. The summed E-state index contributed by atoms with van der Waals surface area (Å²) < 4.78 is 0. The smallest absolute Gasteiger partial charge is 0.407 e. The molecule has 148 valence electrons. The SMILES string of the molecule is O=C1CCN(C(=O)O)C(Cc2ccccc2)CN1CCCN1CCCCC1. The summed E-state index contributed by atoms with van der Waals surface area (Å²) in [5.74, 6) is 0.0791. The van der Waals surface area contributed by atoms with E-state index in [-0.39, 0.29) is 24.9 Å². The molecule has 2 aliphatic rings. The van der Waals surface area contributed by atoms with Crippen LogP contribution in [0.3, 0.4) is 0 Å². The van der Waals surface area contributed by atoms with Gasteiger partial charge in [0.25, 0.3) is 0 Å². The summed E-state index contributed by atoms with van der Waals surface area (Å²) in [6, 6.07) is 9.76. The zero-order valence-electron chi connectivity index (χ0n) is 16.1. The Labute approximate surface area is 161 Å². The van der Waals surface area contributed by atoms with E-state index < -0.39 is 6.09 Å². The molecule has 2 saturated heterocycles. The zero-order valence-corrected chi connectivity index (χ0v) is 16.1. The third kappa shape index (κ3) is 5.70. The van der Waals surface area contributed by atoms with Crippen molar-refractivity contribution in [3.63, 3.8) is 0 Å². The summed E-state index contributed by atoms with van der Waals surface area (Å²) in [5.41, 5.74) is 1.11. The van der Waals surface area contributed by atoms with Crippen molar-refractivity contribution in [1.82, 2.24) is 14.7 Å². The number of carbonyl (C=O) groups is 2. The first kappa shape index (κ1) is 19.7. The minimum absolute atomic E-state index is 0.0791. The lowest BCUT2D eigenvalue weighted by molar-refractivity contribution is -0.130. The van der Waals surface area contributed by atoms with Gasteiger partial charge in [0, 0.05) is 26.1 Å². The molecule has 2 heterocycles. The van der Waals surface area contributed by atoms with Crippen LogP contribution >= 0.6 is 0 Å². The lowest BCUT2D eigenvalue weighted by atomic mass is 10.0. The Morgan fingerprint density at radius 1 is 1.04 bits per heavy atom. The van der Waals surface area contributed by atoms with Gasteiger partial charge in [0.2, 0.25) is 5.91 Å². The number of hydrogen-bond donors (Lipinski definition) is 1. The summed E-state index contributed by atoms with van der Waals surface area (Å²) >= 11 is 0. The highest BCUT2D eigenvalue weighted by molar-refractivity contribution is 5.78. The maximum absolute atomic E-state index is 12.6. The fourth-order valence-corrected chi connectivity index (χ4v) is 4.21. The molecular weight excluding hydrogens is 342 g/mol. The van der Waals surface area contributed by atoms with Crippen molar-refractivity contribution < 1.29 is 14.7 Å². The molecule has 1 atom stereocenters. The van der Waals surface area contributed by atoms with Gasteiger partial charge in [-0.05, 0) is 50.9 Å². The normalized spacial score (nSPS) is 21.9. The topological polar surface area (TPSA) is 64.1 Å². The van der Waals surface area contributed by atoms with E-state index in [1.165, 1.54) is 24.2 Å². The first-order chi connectivity index (χ1) is 13.1. The molecule has 1 aromatic carbocycles. The van der Waals surface area contributed by atoms with E-state index in [1.54, 1.807) is 0 Å². The highest BCUT2D eigenvalue weighted by Gasteiger charge is 2.31. The van der Waals surface area contributed by atoms with E-state index in [0.717, 1.165) is 31.6 Å². The van der Waals surface area contributed by atoms with Crippen LogP contribution in [-0.2, 0) is 11.2 Å². The van der Waals surface area contributed by atoms with Crippen LogP contribution < -0.4 is 0 Å². The second-order valence-corrected chi connectivity index (χ2v) is 7.67. The molecule has 6 heteroatoms. The van der Waals surface area contributed by atoms with Gasteiger partial charge in [-0.2, -0.15) is 0 Å². The molecule has 2 amide bonds. The van der Waals surface area contributed by atoms with Gasteiger partial charge < -0.3 is 19.8 Å². The van der Waals surface area contributed by atoms with Crippen molar-refractivity contribution in [2.24, 2.45) is 0 Å². The third-order valence-electron chi connectivity index (χ3n) is 5.70. The number of piperidine rings is 1. The van der Waals surface area contributed by atoms with Crippen LogP contribution in [0.1, 0.15) is 37.7 Å². The molecule has 2 fully saturated rings. The number of nitrogens with zero attached hydrogens (tertiary/aromatic N) is 3. The Morgan fingerprint density at radius 3 is 2.48 bits per heavy atom. The number of hydrogen-bond acceptors (Lipinski definition) is 3. The fraction of sp³-hybridized carbons (Fsp3) is 0.619. The van der Waals surface area contributed by atoms with Gasteiger partial charge in [-0.1, -0.05) is 36.8 Å². The van der Waals surface area contributed by atoms with E-state index in [4.69, 9.17) is 0 Å². The van der Waals surface area contributed by atoms with Crippen molar-refractivity contribution in [3.8, 4) is 0 Å². The van der Waals surface area contributed by atoms with Gasteiger partial charge in [0.15, 0.2) is 0 Å². The van der Waals surface area contributed by atoms with Gasteiger partial charge in [0.1, 0.15) is 0 Å². The van der Waals surface area contributed by atoms with Crippen LogP contribution in [0.2, 0.25) is 0 Å². The maximum Gasteiger partial charge on any atom is 0.407 e. The monoisotopic (exact) mass is 373 g/mol. The number of amides is 2. The summed E-state index contributed by atoms with van der Waals surface area (Å²) in [6.07, 6.45) is 4.82. The summed E-state index contributed by atoms with van der Waals surface area (Å²) in [6.45, 7) is 4.84. The number of likely N-dealkylation sites (tertiary alicyclic amines) is 1. The van der Waals surface area contributed by atoms with Gasteiger partial charge >= 0.3 is 6.09 Å². The van der Waals surface area contributed by atoms with Crippen molar-refractivity contribution >= 4 is 12.0 Å². The van der Waals surface area contributed by atoms with Crippen molar-refractivity contribution in [2.75, 3.05) is 39.3 Å². The van der Waals surface area contributed by atoms with Crippen LogP contribution in [0.4, 0.5) is 4.79 Å². The maximum atomic E-state index is 12.6. The average Bonchev–Trinajstić information content (AvgIpc) is 2.83. The molecule has 0 radical (unpaired) electrons. The molecule has 6 nitrogen and oxygen atoms in total. The number of rotatable bonds is 6. The molecule has 0 aromatic heterocycles. The minimum Gasteiger partial charge on any atom is -0.465 e. The highest BCUT2D eigenvalue weighted by atomic mass is 16.4. The molecule has 1 aromatic rings. The van der Waals surface area contributed by atoms with Gasteiger partial charge in [-0.3, -0.25) is 4.79 Å². The number of carbonyl (C=O) groups excluding carboxylic acids is 1. The second kappa shape index (κ2) is 9.74. The van der Waals surface area contributed by atoms with Gasteiger partial charge in [0.05, 0.1) is 6.04 Å².